The quantitative estimate of drug-likeness (QED) is 0.932. The van der Waals surface area contributed by atoms with E-state index in [1.807, 2.05) is 53.5 Å². The van der Waals surface area contributed by atoms with Crippen LogP contribution in [0, 0.1) is 0 Å². The summed E-state index contributed by atoms with van der Waals surface area (Å²) in [7, 11) is 0. The summed E-state index contributed by atoms with van der Waals surface area (Å²) in [5, 5.41) is 3.40. The second-order valence-electron chi connectivity index (χ2n) is 5.01. The zero-order chi connectivity index (χ0) is 14.7. The van der Waals surface area contributed by atoms with E-state index >= 15 is 0 Å². The maximum absolute atomic E-state index is 12.6. The van der Waals surface area contributed by atoms with Crippen LogP contribution < -0.4 is 5.32 Å². The average Bonchev–Trinajstić information content (AvgIpc) is 3.02. The van der Waals surface area contributed by atoms with Crippen molar-refractivity contribution in [1.82, 2.24) is 4.90 Å². The van der Waals surface area contributed by atoms with Crippen molar-refractivity contribution in [1.29, 1.82) is 0 Å². The molecule has 1 N–H and O–H groups in total. The number of hydrogen-bond donors (Lipinski definition) is 1. The molecular weight excluding hydrogens is 264 g/mol. The third-order valence-electron chi connectivity index (χ3n) is 3.51. The van der Waals surface area contributed by atoms with Gasteiger partial charge in [0.1, 0.15) is 11.9 Å². The lowest BCUT2D eigenvalue weighted by Gasteiger charge is -2.36. The average molecular weight is 282 g/mol. The zero-order valence-corrected chi connectivity index (χ0v) is 12.0. The molecule has 0 spiro atoms. The van der Waals surface area contributed by atoms with Crippen molar-refractivity contribution in [3.05, 3.63) is 60.1 Å². The number of nitrogens with zero attached hydrogens (tertiary/aromatic N) is 1. The molecule has 1 atom stereocenters. The lowest BCUT2D eigenvalue weighted by molar-refractivity contribution is 0.0717. The van der Waals surface area contributed by atoms with Gasteiger partial charge in [-0.1, -0.05) is 19.1 Å². The van der Waals surface area contributed by atoms with Gasteiger partial charge in [-0.25, -0.2) is 0 Å². The summed E-state index contributed by atoms with van der Waals surface area (Å²) in [5.41, 5.74) is 1.61. The van der Waals surface area contributed by atoms with E-state index in [1.54, 1.807) is 6.26 Å². The van der Waals surface area contributed by atoms with E-state index in [-0.39, 0.29) is 12.1 Å². The molecule has 108 valence electrons. The first-order chi connectivity index (χ1) is 10.3. The molecule has 1 amide bonds. The molecular formula is C17H18N2O2. The predicted molar refractivity (Wildman–Crippen MR) is 82.9 cm³/mol. The van der Waals surface area contributed by atoms with Gasteiger partial charge in [-0.15, -0.1) is 0 Å². The molecule has 1 aromatic carbocycles. The van der Waals surface area contributed by atoms with Crippen LogP contribution in [0.4, 0.5) is 5.69 Å². The summed E-state index contributed by atoms with van der Waals surface area (Å²) < 4.78 is 5.30. The largest absolute Gasteiger partial charge is 0.465 e. The molecule has 1 aliphatic heterocycles. The highest BCUT2D eigenvalue weighted by Gasteiger charge is 2.29. The fraction of sp³-hybridized carbons (Fsp3) is 0.235. The van der Waals surface area contributed by atoms with Gasteiger partial charge >= 0.3 is 0 Å². The third-order valence-corrected chi connectivity index (χ3v) is 3.51. The molecule has 0 saturated carbocycles. The molecule has 21 heavy (non-hydrogen) atoms. The van der Waals surface area contributed by atoms with Crippen LogP contribution in [-0.4, -0.2) is 23.5 Å². The van der Waals surface area contributed by atoms with Gasteiger partial charge in [0, 0.05) is 12.2 Å². The van der Waals surface area contributed by atoms with Gasteiger partial charge in [0.15, 0.2) is 0 Å². The van der Waals surface area contributed by atoms with E-state index in [0.29, 0.717) is 6.54 Å². The number of carbonyl (C=O) groups excluding carboxylic acids is 1. The van der Waals surface area contributed by atoms with Gasteiger partial charge < -0.3 is 14.6 Å². The van der Waals surface area contributed by atoms with Crippen LogP contribution in [0.15, 0.2) is 53.2 Å². The molecule has 0 bridgehead atoms. The summed E-state index contributed by atoms with van der Waals surface area (Å²) in [6.45, 7) is 2.79. The van der Waals surface area contributed by atoms with Crippen LogP contribution in [0.5, 0.6) is 0 Å². The van der Waals surface area contributed by atoms with Gasteiger partial charge in [0.05, 0.1) is 11.8 Å². The van der Waals surface area contributed by atoms with E-state index in [4.69, 9.17) is 4.42 Å². The molecule has 0 radical (unpaired) electrons. The number of furan rings is 1. The van der Waals surface area contributed by atoms with Crippen LogP contribution in [0.2, 0.25) is 0 Å². The van der Waals surface area contributed by atoms with Gasteiger partial charge in [-0.2, -0.15) is 0 Å². The van der Waals surface area contributed by atoms with Crippen LogP contribution in [0.1, 0.15) is 29.5 Å². The topological polar surface area (TPSA) is 45.5 Å². The number of benzene rings is 1. The van der Waals surface area contributed by atoms with Gasteiger partial charge in [-0.05, 0) is 42.8 Å². The summed E-state index contributed by atoms with van der Waals surface area (Å²) >= 11 is 0. The second kappa shape index (κ2) is 5.87. The number of rotatable bonds is 4. The molecule has 4 nitrogen and oxygen atoms in total. The van der Waals surface area contributed by atoms with Crippen molar-refractivity contribution in [2.45, 2.75) is 19.5 Å². The second-order valence-corrected chi connectivity index (χ2v) is 5.01. The number of fused-ring (bicyclic) bond motifs is 1. The molecule has 0 unspecified atom stereocenters. The molecule has 3 rings (SSSR count). The number of hydrogen-bond acceptors (Lipinski definition) is 3. The number of amides is 1. The molecule has 0 fully saturated rings. The minimum atomic E-state index is -0.155. The highest BCUT2D eigenvalue weighted by atomic mass is 16.3. The van der Waals surface area contributed by atoms with Crippen molar-refractivity contribution < 1.29 is 9.21 Å². The molecule has 2 heterocycles. The Morgan fingerprint density at radius 3 is 2.90 bits per heavy atom. The molecule has 0 saturated heterocycles. The van der Waals surface area contributed by atoms with Crippen molar-refractivity contribution in [3.8, 4) is 0 Å². The Hall–Kier alpha value is -2.49. The highest BCUT2D eigenvalue weighted by Crippen LogP contribution is 2.26. The minimum absolute atomic E-state index is 0.0697. The Bertz CT molecular complexity index is 647. The number of nitrogens with one attached hydrogen (secondary N) is 1. The SMILES string of the molecule is CCCN1C(=O)c2ccccc2N[C@@H]1/C=C\c1ccco1. The lowest BCUT2D eigenvalue weighted by atomic mass is 10.1. The maximum Gasteiger partial charge on any atom is 0.257 e. The van der Waals surface area contributed by atoms with Gasteiger partial charge in [0.25, 0.3) is 5.91 Å². The van der Waals surface area contributed by atoms with Crippen LogP contribution in [0.25, 0.3) is 6.08 Å². The third kappa shape index (κ3) is 2.70. The van der Waals surface area contributed by atoms with E-state index in [9.17, 15) is 4.79 Å². The number of carbonyl (C=O) groups is 1. The molecule has 4 heteroatoms. The zero-order valence-electron chi connectivity index (χ0n) is 12.0. The highest BCUT2D eigenvalue weighted by molar-refractivity contribution is 6.01. The van der Waals surface area contributed by atoms with Crippen LogP contribution in [-0.2, 0) is 0 Å². The summed E-state index contributed by atoms with van der Waals surface area (Å²) in [6.07, 6.45) is 6.25. The molecule has 1 aromatic heterocycles. The van der Waals surface area contributed by atoms with E-state index in [0.717, 1.165) is 23.4 Å². The normalized spacial score (nSPS) is 17.9. The van der Waals surface area contributed by atoms with Gasteiger partial charge in [0.2, 0.25) is 0 Å². The fourth-order valence-corrected chi connectivity index (χ4v) is 2.52. The molecule has 0 aliphatic carbocycles. The minimum Gasteiger partial charge on any atom is -0.465 e. The van der Waals surface area contributed by atoms with Gasteiger partial charge in [-0.3, -0.25) is 4.79 Å². The van der Waals surface area contributed by atoms with Crippen molar-refractivity contribution in [2.24, 2.45) is 0 Å². The first kappa shape index (κ1) is 13.5. The van der Waals surface area contributed by atoms with E-state index < -0.39 is 0 Å². The number of anilines is 1. The Labute approximate surface area is 124 Å². The van der Waals surface area contributed by atoms with E-state index in [1.165, 1.54) is 0 Å². The standard InChI is InChI=1S/C17H18N2O2/c1-2-11-19-16(10-9-13-6-5-12-21-13)18-15-8-4-3-7-14(15)17(19)20/h3-10,12,16,18H,2,11H2,1H3/b10-9-/t16-/m0/s1. The smallest absolute Gasteiger partial charge is 0.257 e. The Kier molecular flexibility index (Phi) is 3.77. The van der Waals surface area contributed by atoms with Crippen LogP contribution >= 0.6 is 0 Å². The Morgan fingerprint density at radius 1 is 1.29 bits per heavy atom. The fourth-order valence-electron chi connectivity index (χ4n) is 2.52. The number of para-hydroxylation sites is 1. The summed E-state index contributed by atoms with van der Waals surface area (Å²) in [4.78, 5) is 14.5. The monoisotopic (exact) mass is 282 g/mol. The van der Waals surface area contributed by atoms with Crippen LogP contribution in [0.3, 0.4) is 0 Å². The Morgan fingerprint density at radius 2 is 2.14 bits per heavy atom. The molecule has 1 aliphatic rings. The lowest BCUT2D eigenvalue weighted by Crippen LogP contribution is -2.48. The predicted octanol–water partition coefficient (Wildman–Crippen LogP) is 3.60. The summed E-state index contributed by atoms with van der Waals surface area (Å²) in [5.74, 6) is 0.847. The van der Waals surface area contributed by atoms with Crippen molar-refractivity contribution in [3.63, 3.8) is 0 Å². The van der Waals surface area contributed by atoms with Crippen molar-refractivity contribution >= 4 is 17.7 Å². The summed E-state index contributed by atoms with van der Waals surface area (Å²) in [6, 6.07) is 11.4. The first-order valence-corrected chi connectivity index (χ1v) is 7.18. The first-order valence-electron chi connectivity index (χ1n) is 7.18. The van der Waals surface area contributed by atoms with E-state index in [2.05, 4.69) is 12.2 Å². The Balaban J connectivity index is 1.89. The van der Waals surface area contributed by atoms with Crippen molar-refractivity contribution in [2.75, 3.05) is 11.9 Å². The molecule has 2 aromatic rings. The maximum atomic E-state index is 12.6.